The fourth-order valence-corrected chi connectivity index (χ4v) is 5.16. The normalized spacial score (nSPS) is 13.8. The van der Waals surface area contributed by atoms with Crippen molar-refractivity contribution in [3.63, 3.8) is 0 Å². The van der Waals surface area contributed by atoms with Gasteiger partial charge in [-0.2, -0.15) is 4.98 Å². The monoisotopic (exact) mass is 505 g/mol. The number of methoxy groups -OCH3 is 2. The van der Waals surface area contributed by atoms with Crippen LogP contribution in [0.15, 0.2) is 88.1 Å². The highest BCUT2D eigenvalue weighted by atomic mass is 16.5. The van der Waals surface area contributed by atoms with E-state index in [9.17, 15) is 4.79 Å². The second-order valence-corrected chi connectivity index (χ2v) is 9.28. The zero-order valence-corrected chi connectivity index (χ0v) is 21.5. The van der Waals surface area contributed by atoms with Gasteiger partial charge in [-0.3, -0.25) is 4.79 Å². The number of aromatic nitrogens is 1. The second kappa shape index (κ2) is 9.38. The Bertz CT molecular complexity index is 1690. The molecule has 6 rings (SSSR count). The molecular formula is C32H27NO5. The molecule has 0 unspecified atom stereocenters. The van der Waals surface area contributed by atoms with Crippen LogP contribution in [-0.2, 0) is 12.0 Å². The molecule has 0 atom stereocenters. The standard InChI is InChI=1S/C32H27NO5/c1-4-7-27-33-31(34)28-26-18-19-32(20-10-14-22(35-2)15-11-20,21-12-16-23(36-3)17-13-21)38-29(26)24-8-5-6-9-25(24)30(28)37-27/h5-6,8-19H,4,7H2,1-3H3. The van der Waals surface area contributed by atoms with E-state index in [0.29, 0.717) is 34.6 Å². The summed E-state index contributed by atoms with van der Waals surface area (Å²) in [7, 11) is 3.29. The Hall–Kier alpha value is -4.58. The van der Waals surface area contributed by atoms with Gasteiger partial charge in [-0.15, -0.1) is 0 Å². The summed E-state index contributed by atoms with van der Waals surface area (Å²) in [5.41, 5.74) is 1.76. The molecule has 0 radical (unpaired) electrons. The van der Waals surface area contributed by atoms with Crippen molar-refractivity contribution in [1.29, 1.82) is 0 Å². The van der Waals surface area contributed by atoms with Crippen LogP contribution in [-0.4, -0.2) is 19.2 Å². The maximum absolute atomic E-state index is 13.3. The molecule has 2 heterocycles. The molecule has 1 aromatic heterocycles. The third-order valence-corrected chi connectivity index (χ3v) is 7.07. The van der Waals surface area contributed by atoms with Crippen LogP contribution < -0.4 is 19.8 Å². The molecule has 0 bridgehead atoms. The minimum absolute atomic E-state index is 0.314. The van der Waals surface area contributed by atoms with E-state index >= 15 is 0 Å². The number of hydrogen-bond acceptors (Lipinski definition) is 6. The molecule has 6 nitrogen and oxygen atoms in total. The zero-order valence-electron chi connectivity index (χ0n) is 21.5. The van der Waals surface area contributed by atoms with Gasteiger partial charge < -0.3 is 18.6 Å². The van der Waals surface area contributed by atoms with E-state index in [1.807, 2.05) is 91.9 Å². The second-order valence-electron chi connectivity index (χ2n) is 9.28. The summed E-state index contributed by atoms with van der Waals surface area (Å²) in [6.07, 6.45) is 5.38. The number of hydrogen-bond donors (Lipinski definition) is 0. The molecule has 0 N–H and O–H groups in total. The average Bonchev–Trinajstić information content (AvgIpc) is 2.97. The predicted molar refractivity (Wildman–Crippen MR) is 148 cm³/mol. The van der Waals surface area contributed by atoms with Crippen LogP contribution in [0.5, 0.6) is 17.2 Å². The molecule has 0 saturated heterocycles. The van der Waals surface area contributed by atoms with Gasteiger partial charge in [0.1, 0.15) is 17.2 Å². The molecule has 1 aliphatic rings. The average molecular weight is 506 g/mol. The van der Waals surface area contributed by atoms with Crippen molar-refractivity contribution >= 4 is 27.8 Å². The minimum atomic E-state index is -0.961. The van der Waals surface area contributed by atoms with Crippen LogP contribution in [0.3, 0.4) is 0 Å². The van der Waals surface area contributed by atoms with Gasteiger partial charge in [0.2, 0.25) is 0 Å². The van der Waals surface area contributed by atoms with Gasteiger partial charge in [-0.05, 0) is 42.8 Å². The maximum atomic E-state index is 13.3. The van der Waals surface area contributed by atoms with Gasteiger partial charge in [0.25, 0.3) is 5.56 Å². The largest absolute Gasteiger partial charge is 0.497 e. The molecule has 4 aromatic carbocycles. The van der Waals surface area contributed by atoms with Gasteiger partial charge in [-0.25, -0.2) is 0 Å². The highest BCUT2D eigenvalue weighted by Crippen LogP contribution is 2.48. The third kappa shape index (κ3) is 3.72. The van der Waals surface area contributed by atoms with Crippen LogP contribution in [0.2, 0.25) is 0 Å². The molecule has 38 heavy (non-hydrogen) atoms. The molecule has 0 amide bonds. The quantitative estimate of drug-likeness (QED) is 0.240. The minimum Gasteiger partial charge on any atom is -0.497 e. The number of aryl methyl sites for hydroxylation is 1. The summed E-state index contributed by atoms with van der Waals surface area (Å²) >= 11 is 0. The molecule has 0 fully saturated rings. The lowest BCUT2D eigenvalue weighted by Crippen LogP contribution is -2.34. The van der Waals surface area contributed by atoms with Gasteiger partial charge in [0.05, 0.1) is 19.6 Å². The van der Waals surface area contributed by atoms with Gasteiger partial charge >= 0.3 is 0 Å². The van der Waals surface area contributed by atoms with Crippen molar-refractivity contribution in [1.82, 2.24) is 4.98 Å². The predicted octanol–water partition coefficient (Wildman–Crippen LogP) is 6.66. The fourth-order valence-electron chi connectivity index (χ4n) is 5.16. The number of ether oxygens (including phenoxy) is 3. The molecule has 1 aliphatic heterocycles. The topological polar surface area (TPSA) is 70.8 Å². The summed E-state index contributed by atoms with van der Waals surface area (Å²) in [6.45, 7) is 2.03. The van der Waals surface area contributed by atoms with Crippen molar-refractivity contribution < 1.29 is 18.6 Å². The number of nitrogens with zero attached hydrogens (tertiary/aromatic N) is 1. The van der Waals surface area contributed by atoms with Gasteiger partial charge in [0.15, 0.2) is 17.1 Å². The first-order chi connectivity index (χ1) is 18.6. The highest BCUT2D eigenvalue weighted by Gasteiger charge is 2.39. The smallest absolute Gasteiger partial charge is 0.284 e. The molecule has 0 spiro atoms. The SMILES string of the molecule is CCCc1nc(=O)c2c3c(c4ccccc4c2o1)OC(c1ccc(OC)cc1)(c1ccc(OC)cc1)C=C3. The number of rotatable bonds is 6. The molecule has 0 aliphatic carbocycles. The zero-order chi connectivity index (χ0) is 26.3. The molecule has 0 saturated carbocycles. The van der Waals surface area contributed by atoms with E-state index in [2.05, 4.69) is 4.98 Å². The summed E-state index contributed by atoms with van der Waals surface area (Å²) in [6, 6.07) is 23.5. The summed E-state index contributed by atoms with van der Waals surface area (Å²) < 4.78 is 24.0. The number of benzene rings is 4. The van der Waals surface area contributed by atoms with Crippen LogP contribution >= 0.6 is 0 Å². The van der Waals surface area contributed by atoms with Crippen molar-refractivity contribution in [2.75, 3.05) is 14.2 Å². The van der Waals surface area contributed by atoms with E-state index in [-0.39, 0.29) is 5.56 Å². The lowest BCUT2D eigenvalue weighted by atomic mass is 9.82. The number of fused-ring (bicyclic) bond motifs is 6. The molecular weight excluding hydrogens is 478 g/mol. The van der Waals surface area contributed by atoms with Crippen molar-refractivity contribution in [2.24, 2.45) is 0 Å². The first-order valence-corrected chi connectivity index (χ1v) is 12.6. The Morgan fingerprint density at radius 2 is 1.45 bits per heavy atom. The molecule has 6 heteroatoms. The van der Waals surface area contributed by atoms with E-state index < -0.39 is 5.60 Å². The summed E-state index contributed by atoms with van der Waals surface area (Å²) in [4.78, 5) is 17.6. The molecule has 190 valence electrons. The van der Waals surface area contributed by atoms with E-state index in [0.717, 1.165) is 39.8 Å². The third-order valence-electron chi connectivity index (χ3n) is 7.07. The summed E-state index contributed by atoms with van der Waals surface area (Å²) in [5.74, 6) is 2.56. The van der Waals surface area contributed by atoms with Crippen LogP contribution in [0.1, 0.15) is 35.9 Å². The van der Waals surface area contributed by atoms with Crippen molar-refractivity contribution in [3.05, 3.63) is 112 Å². The first-order valence-electron chi connectivity index (χ1n) is 12.6. The van der Waals surface area contributed by atoms with Crippen LogP contribution in [0, 0.1) is 0 Å². The van der Waals surface area contributed by atoms with Crippen molar-refractivity contribution in [2.45, 2.75) is 25.4 Å². The Kier molecular flexibility index (Phi) is 5.87. The Balaban J connectivity index is 1.64. The van der Waals surface area contributed by atoms with Gasteiger partial charge in [-0.1, -0.05) is 55.5 Å². The Morgan fingerprint density at radius 3 is 2.03 bits per heavy atom. The lowest BCUT2D eigenvalue weighted by molar-refractivity contribution is 0.163. The summed E-state index contributed by atoms with van der Waals surface area (Å²) in [5, 5.41) is 2.10. The highest BCUT2D eigenvalue weighted by molar-refractivity contribution is 6.11. The first kappa shape index (κ1) is 23.8. The van der Waals surface area contributed by atoms with E-state index in [4.69, 9.17) is 18.6 Å². The van der Waals surface area contributed by atoms with Gasteiger partial charge in [0, 0.05) is 33.9 Å². The van der Waals surface area contributed by atoms with Crippen LogP contribution in [0.25, 0.3) is 27.8 Å². The molecule has 5 aromatic rings. The van der Waals surface area contributed by atoms with Crippen molar-refractivity contribution in [3.8, 4) is 17.2 Å². The Morgan fingerprint density at radius 1 is 0.842 bits per heavy atom. The van der Waals surface area contributed by atoms with E-state index in [1.54, 1.807) is 14.2 Å². The maximum Gasteiger partial charge on any atom is 0.284 e. The van der Waals surface area contributed by atoms with Crippen LogP contribution in [0.4, 0.5) is 0 Å². The Labute approximate surface area is 220 Å². The lowest BCUT2D eigenvalue weighted by Gasteiger charge is -2.37. The fraction of sp³-hybridized carbons (Fsp3) is 0.188. The van der Waals surface area contributed by atoms with E-state index in [1.165, 1.54) is 0 Å².